The summed E-state index contributed by atoms with van der Waals surface area (Å²) in [5.41, 5.74) is 1.62. The number of aromatic amines is 1. The maximum absolute atomic E-state index is 13.7. The molecule has 2 heterocycles. The molecule has 1 unspecified atom stereocenters. The number of nitrogens with zero attached hydrogens (tertiary/aromatic N) is 1. The van der Waals surface area contributed by atoms with E-state index in [2.05, 4.69) is 21.8 Å². The van der Waals surface area contributed by atoms with E-state index in [0.717, 1.165) is 23.4 Å². The molecule has 1 N–H and O–H groups in total. The molecule has 3 rings (SSSR count). The van der Waals surface area contributed by atoms with Gasteiger partial charge in [0, 0.05) is 0 Å². The van der Waals surface area contributed by atoms with Crippen molar-refractivity contribution in [2.45, 2.75) is 24.1 Å². The first kappa shape index (κ1) is 14.8. The van der Waals surface area contributed by atoms with Gasteiger partial charge >= 0.3 is 135 Å². The van der Waals surface area contributed by atoms with Gasteiger partial charge in [-0.1, -0.05) is 0 Å². The molecular weight excluding hydrogens is 357 g/mol. The molecule has 0 fully saturated rings. The summed E-state index contributed by atoms with van der Waals surface area (Å²) in [5, 5.41) is 0.938. The van der Waals surface area contributed by atoms with Crippen LogP contribution in [0.25, 0.3) is 0 Å². The molecule has 2 radical (unpaired) electrons. The molecule has 0 amide bonds. The first-order valence-corrected chi connectivity index (χ1v) is 8.34. The molecule has 1 atom stereocenters. The molecule has 0 saturated carbocycles. The standard InChI is InChI=1S/C14H13AsF2N2OS/c15-2-1-10-6-18-14(21)19(10)11-4-8-3-9(16)5-12(17)13(8)20-7-11/h3,5-6,11H,1-2,4,7H2,(H,18,21). The number of H-pyrrole nitrogens is 1. The minimum absolute atomic E-state index is 0.0495. The zero-order valence-electron chi connectivity index (χ0n) is 11.1. The van der Waals surface area contributed by atoms with Gasteiger partial charge in [-0.2, -0.15) is 0 Å². The fourth-order valence-corrected chi connectivity index (χ4v) is 3.51. The Hall–Kier alpha value is -1.13. The number of benzene rings is 1. The Bertz CT molecular complexity index is 728. The molecule has 3 nitrogen and oxygen atoms in total. The molecule has 21 heavy (non-hydrogen) atoms. The van der Waals surface area contributed by atoms with Gasteiger partial charge in [0.15, 0.2) is 0 Å². The van der Waals surface area contributed by atoms with Crippen molar-refractivity contribution in [3.05, 3.63) is 46.0 Å². The fraction of sp³-hybridized carbons (Fsp3) is 0.357. The van der Waals surface area contributed by atoms with Gasteiger partial charge in [0.25, 0.3) is 0 Å². The van der Waals surface area contributed by atoms with Crippen LogP contribution in [0.2, 0.25) is 5.21 Å². The average Bonchev–Trinajstić information content (AvgIpc) is 2.79. The molecule has 7 heteroatoms. The molecule has 1 aromatic carbocycles. The Morgan fingerprint density at radius 2 is 2.24 bits per heavy atom. The quantitative estimate of drug-likeness (QED) is 0.665. The number of rotatable bonds is 3. The van der Waals surface area contributed by atoms with E-state index in [1.54, 1.807) is 0 Å². The van der Waals surface area contributed by atoms with Crippen molar-refractivity contribution in [2.24, 2.45) is 0 Å². The Labute approximate surface area is 134 Å². The molecule has 0 bridgehead atoms. The third kappa shape index (κ3) is 2.79. The number of aromatic nitrogens is 2. The number of fused-ring (bicyclic) bond motifs is 1. The van der Waals surface area contributed by atoms with Crippen LogP contribution in [0.5, 0.6) is 5.75 Å². The van der Waals surface area contributed by atoms with E-state index in [0.29, 0.717) is 23.4 Å². The second-order valence-electron chi connectivity index (χ2n) is 4.97. The van der Waals surface area contributed by atoms with Gasteiger partial charge in [-0.05, 0) is 0 Å². The fourth-order valence-electron chi connectivity index (χ4n) is 2.71. The SMILES string of the molecule is Fc1cc(F)c2c(c1)CC(n1c(CC[As])c[nH]c1=S)CO2. The summed E-state index contributed by atoms with van der Waals surface area (Å²) in [6.07, 6.45) is 3.26. The van der Waals surface area contributed by atoms with E-state index in [1.807, 2.05) is 10.8 Å². The summed E-state index contributed by atoms with van der Waals surface area (Å²) in [7, 11) is 0. The number of imidazole rings is 1. The van der Waals surface area contributed by atoms with Gasteiger partial charge in [0.1, 0.15) is 0 Å². The Balaban J connectivity index is 1.97. The predicted molar refractivity (Wildman–Crippen MR) is 78.5 cm³/mol. The first-order chi connectivity index (χ1) is 10.1. The van der Waals surface area contributed by atoms with Crippen LogP contribution in [0, 0.1) is 16.4 Å². The van der Waals surface area contributed by atoms with E-state index in [1.165, 1.54) is 6.07 Å². The van der Waals surface area contributed by atoms with Crippen molar-refractivity contribution in [1.29, 1.82) is 0 Å². The van der Waals surface area contributed by atoms with Gasteiger partial charge in [0.05, 0.1) is 0 Å². The van der Waals surface area contributed by atoms with Gasteiger partial charge in [-0.25, -0.2) is 0 Å². The number of nitrogens with one attached hydrogen (secondary N) is 1. The van der Waals surface area contributed by atoms with Gasteiger partial charge < -0.3 is 0 Å². The molecule has 1 aliphatic heterocycles. The predicted octanol–water partition coefficient (Wildman–Crippen LogP) is 3.13. The summed E-state index contributed by atoms with van der Waals surface area (Å²) in [6.45, 7) is 0.327. The van der Waals surface area contributed by atoms with Crippen LogP contribution in [-0.4, -0.2) is 33.0 Å². The molecule has 0 aliphatic carbocycles. The first-order valence-electron chi connectivity index (χ1n) is 6.60. The van der Waals surface area contributed by atoms with Crippen LogP contribution < -0.4 is 4.74 Å². The van der Waals surface area contributed by atoms with Crippen molar-refractivity contribution < 1.29 is 13.5 Å². The van der Waals surface area contributed by atoms with Crippen molar-refractivity contribution >= 4 is 29.1 Å². The van der Waals surface area contributed by atoms with Crippen molar-refractivity contribution in [1.82, 2.24) is 9.55 Å². The maximum atomic E-state index is 13.7. The zero-order valence-corrected chi connectivity index (χ0v) is 13.8. The Kier molecular flexibility index (Phi) is 4.18. The third-order valence-electron chi connectivity index (χ3n) is 3.58. The summed E-state index contributed by atoms with van der Waals surface area (Å²) < 4.78 is 35.2. The normalized spacial score (nSPS) is 17.4. The molecule has 0 saturated heterocycles. The van der Waals surface area contributed by atoms with Crippen LogP contribution in [-0.2, 0) is 12.8 Å². The topological polar surface area (TPSA) is 29.9 Å². The van der Waals surface area contributed by atoms with Crippen LogP contribution in [0.3, 0.4) is 0 Å². The molecule has 2 aromatic rings. The summed E-state index contributed by atoms with van der Waals surface area (Å²) >= 11 is 7.85. The van der Waals surface area contributed by atoms with Crippen molar-refractivity contribution in [2.75, 3.05) is 6.61 Å². The summed E-state index contributed by atoms with van der Waals surface area (Å²) in [5.74, 6) is -1.07. The van der Waals surface area contributed by atoms with Crippen LogP contribution in [0.1, 0.15) is 17.3 Å². The van der Waals surface area contributed by atoms with Gasteiger partial charge in [0.2, 0.25) is 0 Å². The van der Waals surface area contributed by atoms with E-state index < -0.39 is 11.6 Å². The number of ether oxygens (including phenoxy) is 1. The van der Waals surface area contributed by atoms with Crippen molar-refractivity contribution in [3.63, 3.8) is 0 Å². The third-order valence-corrected chi connectivity index (χ3v) is 4.37. The Morgan fingerprint density at radius 1 is 1.43 bits per heavy atom. The monoisotopic (exact) mass is 370 g/mol. The van der Waals surface area contributed by atoms with Gasteiger partial charge in [-0.15, -0.1) is 0 Å². The average molecular weight is 370 g/mol. The van der Waals surface area contributed by atoms with Gasteiger partial charge in [-0.3, -0.25) is 0 Å². The molecule has 1 aliphatic rings. The van der Waals surface area contributed by atoms with Crippen molar-refractivity contribution in [3.8, 4) is 5.75 Å². The number of hydrogen-bond acceptors (Lipinski definition) is 2. The summed E-state index contributed by atoms with van der Waals surface area (Å²) in [6, 6.07) is 2.13. The van der Waals surface area contributed by atoms with Crippen LogP contribution in [0.15, 0.2) is 18.3 Å². The van der Waals surface area contributed by atoms with E-state index in [4.69, 9.17) is 17.0 Å². The molecule has 0 spiro atoms. The van der Waals surface area contributed by atoms with Crippen LogP contribution in [0.4, 0.5) is 8.78 Å². The number of halogens is 2. The molecule has 110 valence electrons. The second kappa shape index (κ2) is 5.93. The van der Waals surface area contributed by atoms with E-state index >= 15 is 0 Å². The zero-order chi connectivity index (χ0) is 15.0. The second-order valence-corrected chi connectivity index (χ2v) is 6.30. The number of hydrogen-bond donors (Lipinski definition) is 1. The van der Waals surface area contributed by atoms with E-state index in [-0.39, 0.29) is 11.8 Å². The van der Waals surface area contributed by atoms with Crippen LogP contribution >= 0.6 is 12.2 Å². The number of aryl methyl sites for hydroxylation is 1. The molecule has 1 aromatic heterocycles. The molecular formula is C14H13AsF2N2OS. The Morgan fingerprint density at radius 3 is 3.00 bits per heavy atom. The minimum atomic E-state index is -0.646. The van der Waals surface area contributed by atoms with E-state index in [9.17, 15) is 8.78 Å². The summed E-state index contributed by atoms with van der Waals surface area (Å²) in [4.78, 5) is 3.03.